The molecule has 1 N–H and O–H groups in total. The number of nitrogens with one attached hydrogen (secondary N) is 1. The van der Waals surface area contributed by atoms with Crippen LogP contribution in [-0.4, -0.2) is 55.1 Å². The minimum Gasteiger partial charge on any atom is -0.442 e. The molecule has 8 nitrogen and oxygen atoms in total. The Morgan fingerprint density at radius 2 is 1.97 bits per heavy atom. The van der Waals surface area contributed by atoms with Crippen LogP contribution in [0, 0.1) is 6.92 Å². The number of anilines is 2. The Morgan fingerprint density at radius 1 is 1.21 bits per heavy atom. The van der Waals surface area contributed by atoms with Crippen molar-refractivity contribution in [2.75, 3.05) is 36.0 Å². The maximum Gasteiger partial charge on any atom is 0.414 e. The maximum atomic E-state index is 12.4. The number of thiazole rings is 1. The Kier molecular flexibility index (Phi) is 6.05. The number of aromatic nitrogens is 1. The standard InChI is InChI=1S/C22H20ClN5O3S2/c1-13-12-32-21(26-13)19-24-8-9-27(19)14-2-4-15(5-3-14)28-11-16(31-22(28)30)10-25-20(29)17-6-7-18(23)33-17/h2-7,12,16H,8-11H2,1H3,(H,25,29)/t16-/m0/s1. The van der Waals surface area contributed by atoms with Gasteiger partial charge in [0.25, 0.3) is 5.91 Å². The number of hydrogen-bond acceptors (Lipinski definition) is 8. The molecule has 1 aromatic carbocycles. The highest BCUT2D eigenvalue weighted by Crippen LogP contribution is 2.28. The molecule has 0 aliphatic carbocycles. The smallest absolute Gasteiger partial charge is 0.414 e. The first-order valence-corrected chi connectivity index (χ1v) is 12.4. The van der Waals surface area contributed by atoms with E-state index in [-0.39, 0.29) is 12.5 Å². The van der Waals surface area contributed by atoms with Crippen molar-refractivity contribution in [3.8, 4) is 0 Å². The molecule has 2 amide bonds. The highest BCUT2D eigenvalue weighted by Gasteiger charge is 2.33. The van der Waals surface area contributed by atoms with Crippen molar-refractivity contribution in [1.82, 2.24) is 10.3 Å². The van der Waals surface area contributed by atoms with Gasteiger partial charge in [0, 0.05) is 29.0 Å². The van der Waals surface area contributed by atoms with Crippen LogP contribution < -0.4 is 15.1 Å². The van der Waals surface area contributed by atoms with Crippen LogP contribution >= 0.6 is 34.3 Å². The molecule has 3 aromatic rings. The number of hydrogen-bond donors (Lipinski definition) is 1. The Labute approximate surface area is 203 Å². The molecule has 170 valence electrons. The lowest BCUT2D eigenvalue weighted by molar-refractivity contribution is 0.0920. The highest BCUT2D eigenvalue weighted by molar-refractivity contribution is 7.18. The molecule has 1 fully saturated rings. The molecule has 0 bridgehead atoms. The van der Waals surface area contributed by atoms with Gasteiger partial charge in [-0.3, -0.25) is 14.7 Å². The molecule has 1 saturated heterocycles. The van der Waals surface area contributed by atoms with Gasteiger partial charge in [-0.1, -0.05) is 11.6 Å². The number of thiophene rings is 1. The van der Waals surface area contributed by atoms with Gasteiger partial charge >= 0.3 is 6.09 Å². The molecule has 2 aliphatic rings. The maximum absolute atomic E-state index is 12.4. The number of aliphatic imine (C=N–C) groups is 1. The number of carbonyl (C=O) groups is 2. The van der Waals surface area contributed by atoms with Crippen molar-refractivity contribution in [3.63, 3.8) is 0 Å². The molecule has 2 aliphatic heterocycles. The number of aryl methyl sites for hydroxylation is 1. The fraction of sp³-hybridized carbons (Fsp3) is 0.273. The number of cyclic esters (lactones) is 1. The second-order valence-electron chi connectivity index (χ2n) is 7.60. The van der Waals surface area contributed by atoms with E-state index in [1.165, 1.54) is 11.3 Å². The van der Waals surface area contributed by atoms with E-state index in [1.54, 1.807) is 28.4 Å². The third-order valence-electron chi connectivity index (χ3n) is 5.29. The Balaban J connectivity index is 1.22. The van der Waals surface area contributed by atoms with E-state index in [2.05, 4.69) is 20.2 Å². The third-order valence-corrected chi connectivity index (χ3v) is 7.47. The number of rotatable bonds is 6. The average molecular weight is 502 g/mol. The summed E-state index contributed by atoms with van der Waals surface area (Å²) in [5.74, 6) is 0.647. The molecule has 5 rings (SSSR count). The normalized spacial score (nSPS) is 17.9. The summed E-state index contributed by atoms with van der Waals surface area (Å²) in [5, 5.41) is 5.73. The molecule has 4 heterocycles. The van der Waals surface area contributed by atoms with E-state index in [9.17, 15) is 9.59 Å². The van der Waals surface area contributed by atoms with Crippen molar-refractivity contribution in [2.24, 2.45) is 4.99 Å². The first kappa shape index (κ1) is 21.9. The number of ether oxygens (including phenoxy) is 1. The first-order valence-electron chi connectivity index (χ1n) is 10.3. The minimum absolute atomic E-state index is 0.232. The fourth-order valence-electron chi connectivity index (χ4n) is 3.72. The summed E-state index contributed by atoms with van der Waals surface area (Å²) < 4.78 is 5.99. The van der Waals surface area contributed by atoms with Crippen LogP contribution in [-0.2, 0) is 4.74 Å². The van der Waals surface area contributed by atoms with E-state index < -0.39 is 12.2 Å². The van der Waals surface area contributed by atoms with Gasteiger partial charge in [0.05, 0.1) is 28.8 Å². The summed E-state index contributed by atoms with van der Waals surface area (Å²) >= 11 is 8.67. The number of amidine groups is 1. The number of nitrogens with zero attached hydrogens (tertiary/aromatic N) is 4. The SMILES string of the molecule is Cc1csc(C2=NCCN2c2ccc(N3C[C@H](CNC(=O)c4ccc(Cl)s4)OC3=O)cc2)n1. The van der Waals surface area contributed by atoms with Crippen molar-refractivity contribution < 1.29 is 14.3 Å². The van der Waals surface area contributed by atoms with Gasteiger partial charge in [0.2, 0.25) is 0 Å². The Morgan fingerprint density at radius 3 is 2.64 bits per heavy atom. The van der Waals surface area contributed by atoms with Gasteiger partial charge in [0.1, 0.15) is 6.10 Å². The van der Waals surface area contributed by atoms with E-state index in [0.29, 0.717) is 15.8 Å². The molecule has 33 heavy (non-hydrogen) atoms. The van der Waals surface area contributed by atoms with Crippen molar-refractivity contribution in [2.45, 2.75) is 13.0 Å². The monoisotopic (exact) mass is 501 g/mol. The quantitative estimate of drug-likeness (QED) is 0.547. The molecule has 0 saturated carbocycles. The summed E-state index contributed by atoms with van der Waals surface area (Å²) in [7, 11) is 0. The van der Waals surface area contributed by atoms with Gasteiger partial charge in [0.15, 0.2) is 10.8 Å². The molecule has 2 aromatic heterocycles. The second-order valence-corrected chi connectivity index (χ2v) is 10.2. The van der Waals surface area contributed by atoms with Crippen LogP contribution in [0.5, 0.6) is 0 Å². The van der Waals surface area contributed by atoms with E-state index >= 15 is 0 Å². The van der Waals surface area contributed by atoms with Crippen LogP contribution in [0.4, 0.5) is 16.2 Å². The summed E-state index contributed by atoms with van der Waals surface area (Å²) in [6.45, 7) is 4.07. The van der Waals surface area contributed by atoms with Crippen molar-refractivity contribution >= 4 is 63.5 Å². The molecule has 0 radical (unpaired) electrons. The first-order chi connectivity index (χ1) is 16.0. The van der Waals surface area contributed by atoms with Crippen LogP contribution in [0.1, 0.15) is 20.4 Å². The highest BCUT2D eigenvalue weighted by atomic mass is 35.5. The lowest BCUT2D eigenvalue weighted by Crippen LogP contribution is -2.34. The predicted octanol–water partition coefficient (Wildman–Crippen LogP) is 4.19. The van der Waals surface area contributed by atoms with Crippen molar-refractivity contribution in [1.29, 1.82) is 0 Å². The molecule has 0 unspecified atom stereocenters. The van der Waals surface area contributed by atoms with Crippen LogP contribution in [0.25, 0.3) is 0 Å². The summed E-state index contributed by atoms with van der Waals surface area (Å²) in [6.07, 6.45) is -0.857. The van der Waals surface area contributed by atoms with Crippen LogP contribution in [0.15, 0.2) is 46.8 Å². The second kappa shape index (κ2) is 9.12. The van der Waals surface area contributed by atoms with Gasteiger partial charge < -0.3 is 15.0 Å². The van der Waals surface area contributed by atoms with Gasteiger partial charge in [-0.15, -0.1) is 22.7 Å². The molecule has 0 spiro atoms. The van der Waals surface area contributed by atoms with Crippen molar-refractivity contribution in [3.05, 3.63) is 61.7 Å². The van der Waals surface area contributed by atoms with E-state index in [0.717, 1.165) is 41.0 Å². The molecule has 11 heteroatoms. The topological polar surface area (TPSA) is 87.1 Å². The number of halogens is 1. The Hall–Kier alpha value is -2.95. The summed E-state index contributed by atoms with van der Waals surface area (Å²) in [5.41, 5.74) is 2.72. The third kappa shape index (κ3) is 4.59. The van der Waals surface area contributed by atoms with Gasteiger partial charge in [-0.05, 0) is 43.3 Å². The summed E-state index contributed by atoms with van der Waals surface area (Å²) in [6, 6.07) is 11.1. The minimum atomic E-state index is -0.429. The zero-order valence-corrected chi connectivity index (χ0v) is 20.0. The molecular formula is C22H20ClN5O3S2. The van der Waals surface area contributed by atoms with Gasteiger partial charge in [-0.2, -0.15) is 0 Å². The van der Waals surface area contributed by atoms with Crippen LogP contribution in [0.3, 0.4) is 0 Å². The van der Waals surface area contributed by atoms with Crippen LogP contribution in [0.2, 0.25) is 4.34 Å². The zero-order chi connectivity index (χ0) is 22.9. The number of amides is 2. The lowest BCUT2D eigenvalue weighted by Gasteiger charge is -2.20. The number of carbonyl (C=O) groups excluding carboxylic acids is 2. The van der Waals surface area contributed by atoms with Gasteiger partial charge in [-0.25, -0.2) is 9.78 Å². The molecule has 1 atom stereocenters. The lowest BCUT2D eigenvalue weighted by atomic mass is 10.2. The average Bonchev–Trinajstić information content (AvgIpc) is 3.59. The zero-order valence-electron chi connectivity index (χ0n) is 17.7. The summed E-state index contributed by atoms with van der Waals surface area (Å²) in [4.78, 5) is 38.0. The largest absolute Gasteiger partial charge is 0.442 e. The van der Waals surface area contributed by atoms with E-state index in [1.807, 2.05) is 36.6 Å². The Bertz CT molecular complexity index is 1220. The fourth-order valence-corrected chi connectivity index (χ4v) is 5.49. The predicted molar refractivity (Wildman–Crippen MR) is 131 cm³/mol. The van der Waals surface area contributed by atoms with E-state index in [4.69, 9.17) is 16.3 Å². The number of benzene rings is 1. The molecular weight excluding hydrogens is 482 g/mol.